The van der Waals surface area contributed by atoms with Crippen LogP contribution in [0.1, 0.15) is 24.8 Å². The highest BCUT2D eigenvalue weighted by atomic mass is 32.1. The van der Waals surface area contributed by atoms with E-state index >= 15 is 0 Å². The first-order valence-electron chi connectivity index (χ1n) is 6.08. The summed E-state index contributed by atoms with van der Waals surface area (Å²) in [5, 5.41) is 3.74. The van der Waals surface area contributed by atoms with Gasteiger partial charge in [-0.05, 0) is 18.6 Å². The second kappa shape index (κ2) is 5.93. The van der Waals surface area contributed by atoms with E-state index in [9.17, 15) is 4.79 Å². The molecule has 5 heteroatoms. The van der Waals surface area contributed by atoms with E-state index in [1.807, 2.05) is 31.2 Å². The first kappa shape index (κ1) is 13.0. The molecule has 3 N–H and O–H groups in total. The number of aromatic nitrogens is 1. The third-order valence-electron chi connectivity index (χ3n) is 2.69. The van der Waals surface area contributed by atoms with E-state index in [4.69, 9.17) is 5.73 Å². The molecule has 2 rings (SSSR count). The second-order valence-electron chi connectivity index (χ2n) is 4.19. The standard InChI is InChI=1S/C13H17N3OS/c1-2-5-9(14)13(17)15-8-12-16-10-6-3-4-7-11(10)18-12/h3-4,6-7,9H,2,5,8,14H2,1H3,(H,15,17). The summed E-state index contributed by atoms with van der Waals surface area (Å²) >= 11 is 1.60. The van der Waals surface area contributed by atoms with Crippen LogP contribution in [0, 0.1) is 0 Å². The van der Waals surface area contributed by atoms with E-state index in [1.165, 1.54) is 0 Å². The SMILES string of the molecule is CCCC(N)C(=O)NCc1nc2ccccc2s1. The molecule has 0 bridgehead atoms. The number of carbonyl (C=O) groups is 1. The molecule has 96 valence electrons. The van der Waals surface area contributed by atoms with Gasteiger partial charge in [0.15, 0.2) is 0 Å². The van der Waals surface area contributed by atoms with Crippen LogP contribution < -0.4 is 11.1 Å². The zero-order chi connectivity index (χ0) is 13.0. The quantitative estimate of drug-likeness (QED) is 0.867. The summed E-state index contributed by atoms with van der Waals surface area (Å²) in [6.07, 6.45) is 1.63. The molecule has 1 atom stereocenters. The van der Waals surface area contributed by atoms with Gasteiger partial charge in [0, 0.05) is 0 Å². The van der Waals surface area contributed by atoms with Gasteiger partial charge in [0.25, 0.3) is 0 Å². The van der Waals surface area contributed by atoms with Gasteiger partial charge < -0.3 is 11.1 Å². The van der Waals surface area contributed by atoms with Crippen molar-refractivity contribution in [3.05, 3.63) is 29.3 Å². The number of nitrogens with zero attached hydrogens (tertiary/aromatic N) is 1. The van der Waals surface area contributed by atoms with Gasteiger partial charge in [-0.2, -0.15) is 0 Å². The number of thiazole rings is 1. The van der Waals surface area contributed by atoms with E-state index < -0.39 is 6.04 Å². The average molecular weight is 263 g/mol. The van der Waals surface area contributed by atoms with E-state index in [0.29, 0.717) is 13.0 Å². The smallest absolute Gasteiger partial charge is 0.237 e. The van der Waals surface area contributed by atoms with Crippen molar-refractivity contribution >= 4 is 27.5 Å². The second-order valence-corrected chi connectivity index (χ2v) is 5.30. The molecule has 0 aliphatic rings. The summed E-state index contributed by atoms with van der Waals surface area (Å²) in [5.41, 5.74) is 6.71. The van der Waals surface area contributed by atoms with Crippen molar-refractivity contribution in [2.45, 2.75) is 32.4 Å². The lowest BCUT2D eigenvalue weighted by Gasteiger charge is -2.09. The Morgan fingerprint density at radius 1 is 1.50 bits per heavy atom. The predicted molar refractivity (Wildman–Crippen MR) is 74.4 cm³/mol. The van der Waals surface area contributed by atoms with Gasteiger partial charge >= 0.3 is 0 Å². The van der Waals surface area contributed by atoms with Gasteiger partial charge in [-0.1, -0.05) is 25.5 Å². The Morgan fingerprint density at radius 3 is 3.00 bits per heavy atom. The zero-order valence-electron chi connectivity index (χ0n) is 10.3. The van der Waals surface area contributed by atoms with Crippen LogP contribution in [0.15, 0.2) is 24.3 Å². The lowest BCUT2D eigenvalue weighted by Crippen LogP contribution is -2.40. The molecule has 18 heavy (non-hydrogen) atoms. The number of nitrogens with two attached hydrogens (primary N) is 1. The van der Waals surface area contributed by atoms with Gasteiger partial charge in [-0.15, -0.1) is 11.3 Å². The number of hydrogen-bond donors (Lipinski definition) is 2. The highest BCUT2D eigenvalue weighted by Gasteiger charge is 2.12. The first-order chi connectivity index (χ1) is 8.70. The monoisotopic (exact) mass is 263 g/mol. The molecule has 2 aromatic rings. The molecule has 1 amide bonds. The van der Waals surface area contributed by atoms with Gasteiger partial charge in [0.1, 0.15) is 5.01 Å². The van der Waals surface area contributed by atoms with Crippen molar-refractivity contribution in [1.82, 2.24) is 10.3 Å². The number of nitrogens with one attached hydrogen (secondary N) is 1. The summed E-state index contributed by atoms with van der Waals surface area (Å²) in [6.45, 7) is 2.47. The topological polar surface area (TPSA) is 68.0 Å². The fourth-order valence-electron chi connectivity index (χ4n) is 1.73. The van der Waals surface area contributed by atoms with Gasteiger partial charge in [0.05, 0.1) is 22.8 Å². The first-order valence-corrected chi connectivity index (χ1v) is 6.90. The Bertz CT molecular complexity index is 505. The third kappa shape index (κ3) is 3.05. The molecule has 1 unspecified atom stereocenters. The molecule has 1 heterocycles. The molecule has 1 aromatic heterocycles. The molecular formula is C13H17N3OS. The van der Waals surface area contributed by atoms with Crippen molar-refractivity contribution in [3.63, 3.8) is 0 Å². The fraction of sp³-hybridized carbons (Fsp3) is 0.385. The molecule has 0 saturated heterocycles. The molecule has 0 radical (unpaired) electrons. The van der Waals surface area contributed by atoms with Gasteiger partial charge in [-0.3, -0.25) is 4.79 Å². The minimum Gasteiger partial charge on any atom is -0.348 e. The average Bonchev–Trinajstić information content (AvgIpc) is 2.78. The minimum atomic E-state index is -0.413. The van der Waals surface area contributed by atoms with Crippen molar-refractivity contribution < 1.29 is 4.79 Å². The maximum Gasteiger partial charge on any atom is 0.237 e. The maximum atomic E-state index is 11.7. The van der Waals surface area contributed by atoms with Crippen LogP contribution in [0.25, 0.3) is 10.2 Å². The van der Waals surface area contributed by atoms with Gasteiger partial charge in [-0.25, -0.2) is 4.98 Å². The Hall–Kier alpha value is -1.46. The van der Waals surface area contributed by atoms with Crippen LogP contribution in [-0.4, -0.2) is 16.9 Å². The zero-order valence-corrected chi connectivity index (χ0v) is 11.2. The number of benzene rings is 1. The Kier molecular flexibility index (Phi) is 4.28. The maximum absolute atomic E-state index is 11.7. The number of rotatable bonds is 5. The Morgan fingerprint density at radius 2 is 2.28 bits per heavy atom. The molecule has 1 aromatic carbocycles. The van der Waals surface area contributed by atoms with Crippen LogP contribution >= 0.6 is 11.3 Å². The van der Waals surface area contributed by atoms with Crippen molar-refractivity contribution in [3.8, 4) is 0 Å². The molecule has 4 nitrogen and oxygen atoms in total. The summed E-state index contributed by atoms with van der Waals surface area (Å²) in [4.78, 5) is 16.1. The highest BCUT2D eigenvalue weighted by Crippen LogP contribution is 2.21. The van der Waals surface area contributed by atoms with E-state index in [1.54, 1.807) is 11.3 Å². The summed E-state index contributed by atoms with van der Waals surface area (Å²) in [7, 11) is 0. The summed E-state index contributed by atoms with van der Waals surface area (Å²) < 4.78 is 1.14. The lowest BCUT2D eigenvalue weighted by atomic mass is 10.2. The van der Waals surface area contributed by atoms with Crippen LogP contribution in [0.5, 0.6) is 0 Å². The summed E-state index contributed by atoms with van der Waals surface area (Å²) in [5.74, 6) is -0.101. The van der Waals surface area contributed by atoms with Crippen molar-refractivity contribution in [2.75, 3.05) is 0 Å². The van der Waals surface area contributed by atoms with Crippen LogP contribution in [0.4, 0.5) is 0 Å². The Balaban J connectivity index is 1.95. The minimum absolute atomic E-state index is 0.101. The molecule has 0 aliphatic carbocycles. The van der Waals surface area contributed by atoms with Crippen molar-refractivity contribution in [2.24, 2.45) is 5.73 Å². The molecular weight excluding hydrogens is 246 g/mol. The number of fused-ring (bicyclic) bond motifs is 1. The summed E-state index contributed by atoms with van der Waals surface area (Å²) in [6, 6.07) is 7.53. The van der Waals surface area contributed by atoms with E-state index in [-0.39, 0.29) is 5.91 Å². The number of amides is 1. The normalized spacial score (nSPS) is 12.6. The van der Waals surface area contributed by atoms with Crippen LogP contribution in [0.3, 0.4) is 0 Å². The van der Waals surface area contributed by atoms with Crippen LogP contribution in [-0.2, 0) is 11.3 Å². The van der Waals surface area contributed by atoms with Crippen LogP contribution in [0.2, 0.25) is 0 Å². The predicted octanol–water partition coefficient (Wildman–Crippen LogP) is 2.04. The van der Waals surface area contributed by atoms with Gasteiger partial charge in [0.2, 0.25) is 5.91 Å². The highest BCUT2D eigenvalue weighted by molar-refractivity contribution is 7.18. The molecule has 0 aliphatic heterocycles. The molecule has 0 fully saturated rings. The number of hydrogen-bond acceptors (Lipinski definition) is 4. The molecule has 0 spiro atoms. The largest absolute Gasteiger partial charge is 0.348 e. The molecule has 0 saturated carbocycles. The number of para-hydroxylation sites is 1. The number of carbonyl (C=O) groups excluding carboxylic acids is 1. The van der Waals surface area contributed by atoms with E-state index in [0.717, 1.165) is 21.6 Å². The Labute approximate surface area is 110 Å². The lowest BCUT2D eigenvalue weighted by molar-refractivity contribution is -0.122. The third-order valence-corrected chi connectivity index (χ3v) is 3.72. The fourth-order valence-corrected chi connectivity index (χ4v) is 2.64. The van der Waals surface area contributed by atoms with E-state index in [2.05, 4.69) is 10.3 Å². The van der Waals surface area contributed by atoms with Crippen molar-refractivity contribution in [1.29, 1.82) is 0 Å².